The summed E-state index contributed by atoms with van der Waals surface area (Å²) in [6.07, 6.45) is -4.04. The molecule has 1 aromatic heterocycles. The predicted molar refractivity (Wildman–Crippen MR) is 73.3 cm³/mol. The molecule has 0 saturated heterocycles. The van der Waals surface area contributed by atoms with Crippen LogP contribution >= 0.6 is 11.6 Å². The van der Waals surface area contributed by atoms with Crippen LogP contribution in [0.2, 0.25) is 5.02 Å². The Hall–Kier alpha value is -2.46. The molecule has 0 amide bonds. The summed E-state index contributed by atoms with van der Waals surface area (Å²) >= 11 is 5.51. The summed E-state index contributed by atoms with van der Waals surface area (Å²) in [5.41, 5.74) is -1.27. The first-order chi connectivity index (χ1) is 10.7. The van der Waals surface area contributed by atoms with Gasteiger partial charge in [-0.3, -0.25) is 9.78 Å². The second kappa shape index (κ2) is 6.34. The highest BCUT2D eigenvalue weighted by molar-refractivity contribution is 6.30. The van der Waals surface area contributed by atoms with E-state index in [1.54, 1.807) is 6.07 Å². The van der Waals surface area contributed by atoms with Gasteiger partial charge in [0.2, 0.25) is 0 Å². The molecule has 1 heterocycles. The molecule has 0 bridgehead atoms. The molecule has 23 heavy (non-hydrogen) atoms. The maximum Gasteiger partial charge on any atom is 0.417 e. The van der Waals surface area contributed by atoms with Crippen LogP contribution in [0, 0.1) is 17.1 Å². The highest BCUT2D eigenvalue weighted by Gasteiger charge is 2.31. The summed E-state index contributed by atoms with van der Waals surface area (Å²) < 4.78 is 50.8. The van der Waals surface area contributed by atoms with Gasteiger partial charge in [-0.05, 0) is 30.3 Å². The molecule has 0 N–H and O–H groups in total. The van der Waals surface area contributed by atoms with E-state index in [0.717, 1.165) is 24.3 Å². The molecular formula is C15H7ClF4N2O. The highest BCUT2D eigenvalue weighted by atomic mass is 35.5. The number of hydrogen-bond donors (Lipinski definition) is 0. The average molecular weight is 343 g/mol. The Morgan fingerprint density at radius 2 is 1.96 bits per heavy atom. The van der Waals surface area contributed by atoms with Crippen LogP contribution in [-0.4, -0.2) is 10.8 Å². The van der Waals surface area contributed by atoms with Gasteiger partial charge in [0.1, 0.15) is 5.82 Å². The Bertz CT molecular complexity index is 782. The lowest BCUT2D eigenvalue weighted by molar-refractivity contribution is -0.137. The van der Waals surface area contributed by atoms with Crippen molar-refractivity contribution in [1.82, 2.24) is 4.98 Å². The Morgan fingerprint density at radius 1 is 1.26 bits per heavy atom. The maximum absolute atomic E-state index is 13.4. The summed E-state index contributed by atoms with van der Waals surface area (Å²) in [6.45, 7) is 0. The minimum absolute atomic E-state index is 0.125. The summed E-state index contributed by atoms with van der Waals surface area (Å²) in [5, 5.41) is 8.92. The lowest BCUT2D eigenvalue weighted by Crippen LogP contribution is -2.14. The maximum atomic E-state index is 13.4. The van der Waals surface area contributed by atoms with E-state index in [4.69, 9.17) is 16.9 Å². The number of nitrogens with zero attached hydrogens (tertiary/aromatic N) is 2. The lowest BCUT2D eigenvalue weighted by Gasteiger charge is -2.10. The van der Waals surface area contributed by atoms with Crippen molar-refractivity contribution in [1.29, 1.82) is 5.26 Å². The Kier molecular flexibility index (Phi) is 4.66. The van der Waals surface area contributed by atoms with E-state index in [1.807, 2.05) is 0 Å². The lowest BCUT2D eigenvalue weighted by atomic mass is 9.95. The van der Waals surface area contributed by atoms with Crippen LogP contribution in [0.5, 0.6) is 0 Å². The average Bonchev–Trinajstić information content (AvgIpc) is 2.50. The molecule has 1 aromatic carbocycles. The molecule has 0 aliphatic heterocycles. The minimum Gasteiger partial charge on any atom is -0.292 e. The Labute approximate surface area is 133 Å². The monoisotopic (exact) mass is 342 g/mol. The van der Waals surface area contributed by atoms with Gasteiger partial charge in [0.05, 0.1) is 22.3 Å². The highest BCUT2D eigenvalue weighted by Crippen LogP contribution is 2.29. The van der Waals surface area contributed by atoms with Crippen molar-refractivity contribution in [3.05, 3.63) is 64.2 Å². The van der Waals surface area contributed by atoms with Gasteiger partial charge in [0.25, 0.3) is 0 Å². The second-order valence-corrected chi connectivity index (χ2v) is 4.93. The summed E-state index contributed by atoms with van der Waals surface area (Å²) in [5.74, 6) is -3.07. The molecule has 0 aliphatic rings. The van der Waals surface area contributed by atoms with Gasteiger partial charge in [0, 0.05) is 11.8 Å². The standard InChI is InChI=1S/C15H7ClF4N2O/c16-11-3-1-8(5-12(11)17)14(23)10(6-21)13-4-2-9(7-22-13)15(18,19)20/h1-5,7,10H. The molecule has 1 unspecified atom stereocenters. The number of aromatic nitrogens is 1. The Morgan fingerprint density at radius 3 is 2.43 bits per heavy atom. The van der Waals surface area contributed by atoms with Crippen LogP contribution in [-0.2, 0) is 6.18 Å². The van der Waals surface area contributed by atoms with E-state index < -0.39 is 29.3 Å². The first kappa shape index (κ1) is 16.9. The molecule has 0 aliphatic carbocycles. The number of rotatable bonds is 3. The molecule has 0 saturated carbocycles. The SMILES string of the molecule is N#CC(C(=O)c1ccc(Cl)c(F)c1)c1ccc(C(F)(F)F)cn1. The van der Waals surface area contributed by atoms with E-state index in [-0.39, 0.29) is 16.3 Å². The number of carbonyl (C=O) groups is 1. The van der Waals surface area contributed by atoms with Gasteiger partial charge in [-0.2, -0.15) is 18.4 Å². The van der Waals surface area contributed by atoms with Gasteiger partial charge in [-0.1, -0.05) is 11.6 Å². The van der Waals surface area contributed by atoms with Gasteiger partial charge in [-0.15, -0.1) is 0 Å². The quantitative estimate of drug-likeness (QED) is 0.614. The van der Waals surface area contributed by atoms with Crippen LogP contribution in [0.15, 0.2) is 36.5 Å². The molecular weight excluding hydrogens is 336 g/mol. The fraction of sp³-hybridized carbons (Fsp3) is 0.133. The van der Waals surface area contributed by atoms with Crippen LogP contribution in [0.1, 0.15) is 27.5 Å². The van der Waals surface area contributed by atoms with Gasteiger partial charge in [-0.25, -0.2) is 4.39 Å². The number of ketones is 1. The summed E-state index contributed by atoms with van der Waals surface area (Å²) in [4.78, 5) is 15.7. The van der Waals surface area contributed by atoms with Crippen LogP contribution in [0.25, 0.3) is 0 Å². The number of nitriles is 1. The normalized spacial score (nSPS) is 12.5. The number of hydrogen-bond acceptors (Lipinski definition) is 3. The fourth-order valence-corrected chi connectivity index (χ4v) is 1.94. The molecule has 0 fully saturated rings. The van der Waals surface area contributed by atoms with Crippen molar-refractivity contribution in [2.45, 2.75) is 12.1 Å². The molecule has 3 nitrogen and oxygen atoms in total. The van der Waals surface area contributed by atoms with Gasteiger partial charge in [0.15, 0.2) is 11.7 Å². The van der Waals surface area contributed by atoms with Crippen LogP contribution in [0.3, 0.4) is 0 Å². The van der Waals surface area contributed by atoms with E-state index in [1.165, 1.54) is 6.07 Å². The third-order valence-corrected chi connectivity index (χ3v) is 3.31. The minimum atomic E-state index is -4.57. The number of Topliss-reactive ketones (excluding diaryl/α,β-unsaturated/α-hetero) is 1. The molecule has 118 valence electrons. The molecule has 2 rings (SSSR count). The molecule has 8 heteroatoms. The molecule has 2 aromatic rings. The predicted octanol–water partition coefficient (Wildman–Crippen LogP) is 4.38. The van der Waals surface area contributed by atoms with Crippen molar-refractivity contribution in [3.63, 3.8) is 0 Å². The zero-order chi connectivity index (χ0) is 17.2. The van der Waals surface area contributed by atoms with E-state index in [0.29, 0.717) is 6.20 Å². The smallest absolute Gasteiger partial charge is 0.292 e. The number of pyridine rings is 1. The number of benzene rings is 1. The van der Waals surface area contributed by atoms with E-state index >= 15 is 0 Å². The van der Waals surface area contributed by atoms with Gasteiger partial charge < -0.3 is 0 Å². The Balaban J connectivity index is 2.34. The second-order valence-electron chi connectivity index (χ2n) is 4.52. The first-order valence-electron chi connectivity index (χ1n) is 6.16. The van der Waals surface area contributed by atoms with E-state index in [9.17, 15) is 22.4 Å². The third-order valence-electron chi connectivity index (χ3n) is 3.00. The zero-order valence-electron chi connectivity index (χ0n) is 11.2. The van der Waals surface area contributed by atoms with Gasteiger partial charge >= 0.3 is 6.18 Å². The van der Waals surface area contributed by atoms with Crippen molar-refractivity contribution in [2.24, 2.45) is 0 Å². The van der Waals surface area contributed by atoms with Crippen molar-refractivity contribution >= 4 is 17.4 Å². The zero-order valence-corrected chi connectivity index (χ0v) is 12.0. The topological polar surface area (TPSA) is 53.8 Å². The van der Waals surface area contributed by atoms with Crippen molar-refractivity contribution < 1.29 is 22.4 Å². The van der Waals surface area contributed by atoms with Crippen molar-refractivity contribution in [2.75, 3.05) is 0 Å². The summed E-state index contributed by atoms with van der Waals surface area (Å²) in [6, 6.07) is 6.57. The molecule has 1 atom stereocenters. The van der Waals surface area contributed by atoms with Crippen LogP contribution < -0.4 is 0 Å². The first-order valence-corrected chi connectivity index (χ1v) is 6.54. The van der Waals surface area contributed by atoms with Crippen LogP contribution in [0.4, 0.5) is 17.6 Å². The number of halogens is 5. The van der Waals surface area contributed by atoms with E-state index in [2.05, 4.69) is 4.98 Å². The number of carbonyl (C=O) groups excluding carboxylic acids is 1. The largest absolute Gasteiger partial charge is 0.417 e. The molecule has 0 radical (unpaired) electrons. The fourth-order valence-electron chi connectivity index (χ4n) is 1.82. The molecule has 0 spiro atoms. The number of alkyl halides is 3. The third kappa shape index (κ3) is 3.66. The van der Waals surface area contributed by atoms with Crippen molar-refractivity contribution in [3.8, 4) is 6.07 Å². The summed E-state index contributed by atoms with van der Waals surface area (Å²) in [7, 11) is 0.